The summed E-state index contributed by atoms with van der Waals surface area (Å²) < 4.78 is 21.6. The van der Waals surface area contributed by atoms with E-state index in [2.05, 4.69) is 0 Å². The molecule has 2 rings (SSSR count). The Morgan fingerprint density at radius 2 is 1.58 bits per heavy atom. The maximum absolute atomic E-state index is 12.2. The number of carbonyl (C=O) groups is 2. The molecule has 1 heterocycles. The van der Waals surface area contributed by atoms with Crippen LogP contribution in [0.3, 0.4) is 0 Å². The number of hydrogen-bond donors (Lipinski definition) is 0. The highest BCUT2D eigenvalue weighted by molar-refractivity contribution is 6.52. The monoisotopic (exact) mass is 336 g/mol. The van der Waals surface area contributed by atoms with E-state index in [-0.39, 0.29) is 12.8 Å². The summed E-state index contributed by atoms with van der Waals surface area (Å²) in [6, 6.07) is 0. The lowest BCUT2D eigenvalue weighted by Gasteiger charge is -2.32. The number of hydrogen-bond acceptors (Lipinski definition) is 6. The highest BCUT2D eigenvalue weighted by atomic mass is 16.7. The fourth-order valence-corrected chi connectivity index (χ4v) is 2.92. The number of carbonyl (C=O) groups excluding carboxylic acids is 2. The molecule has 7 heteroatoms. The molecule has 24 heavy (non-hydrogen) atoms. The maximum atomic E-state index is 12.2. The number of ether oxygens (including phenoxy) is 2. The topological polar surface area (TPSA) is 71.1 Å². The lowest BCUT2D eigenvalue weighted by Crippen LogP contribution is -2.42. The molecule has 0 N–H and O–H groups in total. The summed E-state index contributed by atoms with van der Waals surface area (Å²) in [4.78, 5) is 24.5. The first-order valence-corrected chi connectivity index (χ1v) is 7.98. The molecule has 0 atom stereocenters. The van der Waals surface area contributed by atoms with Crippen molar-refractivity contribution in [1.82, 2.24) is 0 Å². The lowest BCUT2D eigenvalue weighted by molar-refractivity contribution is -0.169. The van der Waals surface area contributed by atoms with Gasteiger partial charge in [0.25, 0.3) is 0 Å². The standard InChI is InChI=1S/C17H25BO6/c1-15(2)16(3,4)24-18(23-15)11-12-8-7-9-17(10-12,13(19)21-5)14(20)22-6/h7-8,11H,9-10H2,1-6H3/b12-11-. The Hall–Kier alpha value is -1.60. The van der Waals surface area contributed by atoms with E-state index in [1.54, 1.807) is 12.1 Å². The molecule has 0 unspecified atom stereocenters. The van der Waals surface area contributed by atoms with Crippen LogP contribution in [0.4, 0.5) is 0 Å². The molecule has 0 aromatic rings. The van der Waals surface area contributed by atoms with Crippen molar-refractivity contribution in [3.05, 3.63) is 23.7 Å². The first-order chi connectivity index (χ1) is 11.1. The molecular formula is C17H25BO6. The van der Waals surface area contributed by atoms with E-state index < -0.39 is 35.7 Å². The largest absolute Gasteiger partial charge is 0.487 e. The van der Waals surface area contributed by atoms with Crippen molar-refractivity contribution in [3.63, 3.8) is 0 Å². The summed E-state index contributed by atoms with van der Waals surface area (Å²) in [5, 5.41) is 0. The molecule has 1 saturated heterocycles. The van der Waals surface area contributed by atoms with Crippen molar-refractivity contribution in [3.8, 4) is 0 Å². The number of rotatable bonds is 3. The van der Waals surface area contributed by atoms with Crippen molar-refractivity contribution in [2.75, 3.05) is 14.2 Å². The zero-order valence-corrected chi connectivity index (χ0v) is 15.2. The third-order valence-electron chi connectivity index (χ3n) is 5.08. The van der Waals surface area contributed by atoms with E-state index in [4.69, 9.17) is 18.8 Å². The van der Waals surface area contributed by atoms with Gasteiger partial charge in [0, 0.05) is 0 Å². The highest BCUT2D eigenvalue weighted by Gasteiger charge is 2.52. The van der Waals surface area contributed by atoms with E-state index in [1.807, 2.05) is 33.8 Å². The zero-order valence-electron chi connectivity index (χ0n) is 15.2. The van der Waals surface area contributed by atoms with Gasteiger partial charge in [-0.1, -0.05) is 23.7 Å². The molecule has 2 aliphatic rings. The number of esters is 2. The van der Waals surface area contributed by atoms with Gasteiger partial charge in [-0.3, -0.25) is 9.59 Å². The first-order valence-electron chi connectivity index (χ1n) is 7.98. The van der Waals surface area contributed by atoms with Gasteiger partial charge in [-0.2, -0.15) is 0 Å². The fourth-order valence-electron chi connectivity index (χ4n) is 2.92. The summed E-state index contributed by atoms with van der Waals surface area (Å²) in [7, 11) is 1.99. The van der Waals surface area contributed by atoms with Gasteiger partial charge < -0.3 is 18.8 Å². The van der Waals surface area contributed by atoms with Crippen molar-refractivity contribution in [2.45, 2.75) is 51.7 Å². The van der Waals surface area contributed by atoms with Crippen LogP contribution in [-0.2, 0) is 28.4 Å². The van der Waals surface area contributed by atoms with Crippen molar-refractivity contribution in [2.24, 2.45) is 5.41 Å². The zero-order chi connectivity index (χ0) is 18.2. The van der Waals surface area contributed by atoms with Gasteiger partial charge in [-0.25, -0.2) is 0 Å². The van der Waals surface area contributed by atoms with E-state index in [9.17, 15) is 9.59 Å². The Morgan fingerprint density at radius 1 is 1.08 bits per heavy atom. The van der Waals surface area contributed by atoms with E-state index in [0.717, 1.165) is 5.57 Å². The van der Waals surface area contributed by atoms with Crippen LogP contribution in [-0.4, -0.2) is 44.5 Å². The van der Waals surface area contributed by atoms with Crippen molar-refractivity contribution in [1.29, 1.82) is 0 Å². The molecule has 0 spiro atoms. The van der Waals surface area contributed by atoms with Gasteiger partial charge in [-0.15, -0.1) is 0 Å². The Bertz CT molecular complexity index is 558. The maximum Gasteiger partial charge on any atom is 0.487 e. The molecular weight excluding hydrogens is 311 g/mol. The van der Waals surface area contributed by atoms with Crippen LogP contribution < -0.4 is 0 Å². The van der Waals surface area contributed by atoms with E-state index in [1.165, 1.54) is 14.2 Å². The summed E-state index contributed by atoms with van der Waals surface area (Å²) in [5.41, 5.74) is -1.48. The summed E-state index contributed by atoms with van der Waals surface area (Å²) in [6.07, 6.45) is 4.07. The quantitative estimate of drug-likeness (QED) is 0.447. The highest BCUT2D eigenvalue weighted by Crippen LogP contribution is 2.40. The Balaban J connectivity index is 2.27. The second-order valence-corrected chi connectivity index (χ2v) is 7.21. The van der Waals surface area contributed by atoms with Gasteiger partial charge in [-0.05, 0) is 40.5 Å². The summed E-state index contributed by atoms with van der Waals surface area (Å²) >= 11 is 0. The van der Waals surface area contributed by atoms with Crippen molar-refractivity contribution >= 4 is 19.1 Å². The molecule has 0 aromatic carbocycles. The molecule has 0 bridgehead atoms. The third-order valence-corrected chi connectivity index (χ3v) is 5.08. The Morgan fingerprint density at radius 3 is 2.04 bits per heavy atom. The second kappa shape index (κ2) is 6.37. The minimum atomic E-state index is -1.35. The predicted octanol–water partition coefficient (Wildman–Crippen LogP) is 2.23. The molecule has 1 aliphatic carbocycles. The number of allylic oxidation sites excluding steroid dienone is 3. The van der Waals surface area contributed by atoms with Crippen LogP contribution in [0.25, 0.3) is 0 Å². The second-order valence-electron chi connectivity index (χ2n) is 7.21. The first kappa shape index (κ1) is 18.7. The normalized spacial score (nSPS) is 25.6. The average molecular weight is 336 g/mol. The van der Waals surface area contributed by atoms with Crippen molar-refractivity contribution < 1.29 is 28.4 Å². The predicted molar refractivity (Wildman–Crippen MR) is 89.0 cm³/mol. The van der Waals surface area contributed by atoms with Crippen LogP contribution in [0.2, 0.25) is 0 Å². The van der Waals surface area contributed by atoms with Crippen LogP contribution in [0.5, 0.6) is 0 Å². The Kier molecular flexibility index (Phi) is 4.97. The SMILES string of the molecule is COC(=O)C1(C(=O)OC)CC=C/C(=C/B2OC(C)(C)C(C)(C)O2)C1. The molecule has 132 valence electrons. The minimum absolute atomic E-state index is 0.187. The summed E-state index contributed by atoms with van der Waals surface area (Å²) in [6.45, 7) is 7.87. The van der Waals surface area contributed by atoms with Gasteiger partial charge in [0.15, 0.2) is 5.41 Å². The molecule has 6 nitrogen and oxygen atoms in total. The lowest BCUT2D eigenvalue weighted by atomic mass is 9.72. The van der Waals surface area contributed by atoms with Gasteiger partial charge in [0.1, 0.15) is 0 Å². The average Bonchev–Trinajstić information content (AvgIpc) is 2.72. The van der Waals surface area contributed by atoms with Crippen LogP contribution in [0.15, 0.2) is 23.7 Å². The molecule has 0 amide bonds. The van der Waals surface area contributed by atoms with E-state index in [0.29, 0.717) is 0 Å². The smallest absolute Gasteiger partial charge is 0.468 e. The fraction of sp³-hybridized carbons (Fsp3) is 0.647. The van der Waals surface area contributed by atoms with Crippen LogP contribution in [0, 0.1) is 5.41 Å². The Labute approximate surface area is 143 Å². The van der Waals surface area contributed by atoms with E-state index >= 15 is 0 Å². The van der Waals surface area contributed by atoms with Crippen LogP contribution in [0.1, 0.15) is 40.5 Å². The number of methoxy groups -OCH3 is 2. The van der Waals surface area contributed by atoms with Gasteiger partial charge >= 0.3 is 19.1 Å². The molecule has 1 fully saturated rings. The molecule has 0 saturated carbocycles. The van der Waals surface area contributed by atoms with Gasteiger partial charge in [0.05, 0.1) is 25.4 Å². The molecule has 0 radical (unpaired) electrons. The molecule has 1 aliphatic heterocycles. The van der Waals surface area contributed by atoms with Gasteiger partial charge in [0.2, 0.25) is 0 Å². The molecule has 0 aromatic heterocycles. The summed E-state index contributed by atoms with van der Waals surface area (Å²) in [5.74, 6) is 0.601. The minimum Gasteiger partial charge on any atom is -0.468 e. The van der Waals surface area contributed by atoms with Crippen LogP contribution >= 0.6 is 0 Å². The third kappa shape index (κ3) is 3.15.